The summed E-state index contributed by atoms with van der Waals surface area (Å²) in [6, 6.07) is 28.3. The number of H-pyrrole nitrogens is 1. The van der Waals surface area contributed by atoms with Crippen LogP contribution in [0.5, 0.6) is 11.6 Å². The minimum atomic E-state index is -1.35. The van der Waals surface area contributed by atoms with Crippen molar-refractivity contribution in [2.24, 2.45) is 0 Å². The Morgan fingerprint density at radius 1 is 0.900 bits per heavy atom. The van der Waals surface area contributed by atoms with E-state index in [2.05, 4.69) is 39.5 Å². The molecule has 1 saturated heterocycles. The third-order valence-corrected chi connectivity index (χ3v) is 7.20. The monoisotopic (exact) mass is 537 g/mol. The van der Waals surface area contributed by atoms with E-state index >= 15 is 0 Å². The lowest BCUT2D eigenvalue weighted by atomic mass is 10.1. The number of nitrogens with one attached hydrogen (secondary N) is 2. The summed E-state index contributed by atoms with van der Waals surface area (Å²) in [5.74, 6) is 1.08. The molecule has 0 bridgehead atoms. The molecule has 1 aromatic heterocycles. The highest BCUT2D eigenvalue weighted by molar-refractivity contribution is 5.98. The molecule has 5 aromatic rings. The Labute approximate surface area is 232 Å². The summed E-state index contributed by atoms with van der Waals surface area (Å²) < 4.78 is 16.9. The van der Waals surface area contributed by atoms with Crippen LogP contribution in [0, 0.1) is 0 Å². The lowest BCUT2D eigenvalue weighted by Gasteiger charge is -2.30. The van der Waals surface area contributed by atoms with Gasteiger partial charge in [0.25, 0.3) is 0 Å². The summed E-state index contributed by atoms with van der Waals surface area (Å²) in [5, 5.41) is 16.1. The quantitative estimate of drug-likeness (QED) is 0.138. The summed E-state index contributed by atoms with van der Waals surface area (Å²) in [6.07, 6.45) is -0.0859. The fraction of sp³-hybridized carbons (Fsp3) is 0.219. The third kappa shape index (κ3) is 5.39. The molecule has 0 atom stereocenters. The lowest BCUT2D eigenvalue weighted by molar-refractivity contribution is 0.123. The fourth-order valence-corrected chi connectivity index (χ4v) is 5.33. The van der Waals surface area contributed by atoms with Gasteiger partial charge in [-0.05, 0) is 42.5 Å². The first-order valence-corrected chi connectivity index (χ1v) is 13.5. The molecule has 2 heterocycles. The molecule has 40 heavy (non-hydrogen) atoms. The number of para-hydroxylation sites is 3. The zero-order chi connectivity index (χ0) is 27.3. The highest BCUT2D eigenvalue weighted by Crippen LogP contribution is 2.37. The van der Waals surface area contributed by atoms with Gasteiger partial charge in [-0.1, -0.05) is 60.7 Å². The molecular weight excluding hydrogens is 506 g/mol. The standard InChI is InChI=1S/C32H31N3O5/c36-32(37)40-31-25(12-7-19-39-29-16-5-9-22-8-1-2-10-23(22)29)24-11-6-14-27(30(24)34-31)33-26-13-3-4-15-28(26)35-17-20-38-21-18-35/h1-6,8-11,13-16,33-34H,7,12,17-21H2,(H,36,37). The number of nitrogens with zero attached hydrogens (tertiary/aromatic N) is 1. The van der Waals surface area contributed by atoms with Crippen LogP contribution in [0.15, 0.2) is 84.9 Å². The molecule has 8 nitrogen and oxygen atoms in total. The number of morpholine rings is 1. The van der Waals surface area contributed by atoms with Crippen molar-refractivity contribution >= 4 is 44.9 Å². The van der Waals surface area contributed by atoms with E-state index in [4.69, 9.17) is 14.2 Å². The van der Waals surface area contributed by atoms with Gasteiger partial charge in [-0.15, -0.1) is 0 Å². The van der Waals surface area contributed by atoms with Gasteiger partial charge in [0.05, 0.1) is 42.4 Å². The molecule has 0 spiro atoms. The number of ether oxygens (including phenoxy) is 3. The number of aryl methyl sites for hydroxylation is 1. The smallest absolute Gasteiger partial charge is 0.493 e. The van der Waals surface area contributed by atoms with Gasteiger partial charge in [0.15, 0.2) is 0 Å². The van der Waals surface area contributed by atoms with Gasteiger partial charge < -0.3 is 34.5 Å². The Morgan fingerprint density at radius 3 is 2.50 bits per heavy atom. The topological polar surface area (TPSA) is 96.0 Å². The maximum atomic E-state index is 11.5. The van der Waals surface area contributed by atoms with Crippen molar-refractivity contribution in [3.05, 3.63) is 90.5 Å². The first-order chi connectivity index (χ1) is 19.7. The molecule has 0 radical (unpaired) electrons. The second-order valence-corrected chi connectivity index (χ2v) is 9.70. The Kier molecular flexibility index (Phi) is 7.41. The maximum absolute atomic E-state index is 11.5. The molecule has 0 amide bonds. The SMILES string of the molecule is O=C(O)Oc1[nH]c2c(Nc3ccccc3N3CCOCC3)cccc2c1CCCOc1cccc2ccccc12. The number of aromatic amines is 1. The average molecular weight is 538 g/mol. The summed E-state index contributed by atoms with van der Waals surface area (Å²) in [6.45, 7) is 3.53. The molecule has 0 aliphatic carbocycles. The van der Waals surface area contributed by atoms with Crippen molar-refractivity contribution < 1.29 is 24.1 Å². The van der Waals surface area contributed by atoms with Crippen LogP contribution in [0.1, 0.15) is 12.0 Å². The van der Waals surface area contributed by atoms with E-state index in [1.165, 1.54) is 0 Å². The van der Waals surface area contributed by atoms with Crippen LogP contribution < -0.4 is 19.7 Å². The van der Waals surface area contributed by atoms with Crippen LogP contribution in [0.25, 0.3) is 21.7 Å². The van der Waals surface area contributed by atoms with E-state index in [1.54, 1.807) is 0 Å². The van der Waals surface area contributed by atoms with Crippen LogP contribution in [0.4, 0.5) is 21.9 Å². The Balaban J connectivity index is 1.24. The molecule has 204 valence electrons. The predicted molar refractivity (Wildman–Crippen MR) is 157 cm³/mol. The van der Waals surface area contributed by atoms with Crippen LogP contribution in [0.3, 0.4) is 0 Å². The first-order valence-electron chi connectivity index (χ1n) is 13.5. The van der Waals surface area contributed by atoms with Gasteiger partial charge in [0.1, 0.15) is 5.75 Å². The largest absolute Gasteiger partial charge is 0.512 e. The minimum absolute atomic E-state index is 0.239. The first kappa shape index (κ1) is 25.6. The van der Waals surface area contributed by atoms with E-state index in [-0.39, 0.29) is 5.88 Å². The lowest BCUT2D eigenvalue weighted by Crippen LogP contribution is -2.36. The molecule has 3 N–H and O–H groups in total. The van der Waals surface area contributed by atoms with Crippen molar-refractivity contribution in [2.75, 3.05) is 43.1 Å². The zero-order valence-electron chi connectivity index (χ0n) is 22.1. The summed E-state index contributed by atoms with van der Waals surface area (Å²) >= 11 is 0. The van der Waals surface area contributed by atoms with Gasteiger partial charge in [-0.25, -0.2) is 4.79 Å². The molecule has 1 aliphatic heterocycles. The number of aromatic nitrogens is 1. The van der Waals surface area contributed by atoms with Crippen molar-refractivity contribution in [1.82, 2.24) is 4.98 Å². The second-order valence-electron chi connectivity index (χ2n) is 9.70. The maximum Gasteiger partial charge on any atom is 0.512 e. The fourth-order valence-electron chi connectivity index (χ4n) is 5.33. The number of benzene rings is 4. The van der Waals surface area contributed by atoms with Crippen molar-refractivity contribution in [2.45, 2.75) is 12.8 Å². The number of carboxylic acid groups (broad SMARTS) is 1. The normalized spacial score (nSPS) is 13.4. The van der Waals surface area contributed by atoms with E-state index in [9.17, 15) is 9.90 Å². The zero-order valence-corrected chi connectivity index (χ0v) is 22.1. The summed E-state index contributed by atoms with van der Waals surface area (Å²) in [7, 11) is 0. The molecule has 4 aromatic carbocycles. The van der Waals surface area contributed by atoms with E-state index in [0.29, 0.717) is 32.7 Å². The minimum Gasteiger partial charge on any atom is -0.493 e. The van der Waals surface area contributed by atoms with Crippen LogP contribution in [-0.4, -0.2) is 49.2 Å². The number of fused-ring (bicyclic) bond motifs is 2. The van der Waals surface area contributed by atoms with Gasteiger partial charge in [-0.3, -0.25) is 0 Å². The van der Waals surface area contributed by atoms with Gasteiger partial charge in [0, 0.05) is 29.4 Å². The Bertz CT molecular complexity index is 1640. The Morgan fingerprint density at radius 2 is 1.62 bits per heavy atom. The van der Waals surface area contributed by atoms with Gasteiger partial charge in [-0.2, -0.15) is 0 Å². The predicted octanol–water partition coefficient (Wildman–Crippen LogP) is 6.97. The van der Waals surface area contributed by atoms with Crippen molar-refractivity contribution in [3.8, 4) is 11.6 Å². The molecule has 6 rings (SSSR count). The van der Waals surface area contributed by atoms with Crippen molar-refractivity contribution in [3.63, 3.8) is 0 Å². The third-order valence-electron chi connectivity index (χ3n) is 7.20. The molecule has 8 heteroatoms. The number of hydrogen-bond acceptors (Lipinski definition) is 6. The molecule has 0 unspecified atom stereocenters. The van der Waals surface area contributed by atoms with E-state index < -0.39 is 6.16 Å². The summed E-state index contributed by atoms with van der Waals surface area (Å²) in [4.78, 5) is 17.1. The average Bonchev–Trinajstić information content (AvgIpc) is 3.33. The highest BCUT2D eigenvalue weighted by Gasteiger charge is 2.19. The highest BCUT2D eigenvalue weighted by atomic mass is 16.7. The van der Waals surface area contributed by atoms with Gasteiger partial charge in [0.2, 0.25) is 5.88 Å². The molecule has 0 saturated carbocycles. The second kappa shape index (κ2) is 11.6. The summed E-state index contributed by atoms with van der Waals surface area (Å²) in [5.41, 5.74) is 4.51. The Hall–Kier alpha value is -4.69. The van der Waals surface area contributed by atoms with E-state index in [1.807, 2.05) is 60.7 Å². The van der Waals surface area contributed by atoms with E-state index in [0.717, 1.165) is 63.1 Å². The number of carbonyl (C=O) groups is 1. The van der Waals surface area contributed by atoms with Crippen molar-refractivity contribution in [1.29, 1.82) is 0 Å². The van der Waals surface area contributed by atoms with Crippen LogP contribution in [0.2, 0.25) is 0 Å². The number of hydrogen-bond donors (Lipinski definition) is 3. The van der Waals surface area contributed by atoms with Crippen LogP contribution >= 0.6 is 0 Å². The number of rotatable bonds is 9. The van der Waals surface area contributed by atoms with Gasteiger partial charge >= 0.3 is 6.16 Å². The molecule has 1 aliphatic rings. The molecular formula is C32H31N3O5. The molecule has 1 fully saturated rings. The number of anilines is 3. The van der Waals surface area contributed by atoms with Crippen LogP contribution in [-0.2, 0) is 11.2 Å².